The summed E-state index contributed by atoms with van der Waals surface area (Å²) in [5, 5.41) is 11.6. The van der Waals surface area contributed by atoms with Gasteiger partial charge in [0.2, 0.25) is 0 Å². The van der Waals surface area contributed by atoms with E-state index < -0.39 is 0 Å². The molecule has 1 aromatic rings. The summed E-state index contributed by atoms with van der Waals surface area (Å²) in [7, 11) is 0. The average Bonchev–Trinajstić information content (AvgIpc) is 2.34. The smallest absolute Gasteiger partial charge is 0.142 e. The van der Waals surface area contributed by atoms with Crippen molar-refractivity contribution in [2.24, 2.45) is 5.84 Å². The number of hydrogen-bond acceptors (Lipinski definition) is 6. The Labute approximate surface area is 94.8 Å². The highest BCUT2D eigenvalue weighted by Crippen LogP contribution is 2.07. The standard InChI is InChI=1S/C10H18N4O2/c11-14-10-4-1-3-9(13-10)12-5-2-7-16-8-6-15/h1,3-4,15H,2,5-8,11H2,(H2,12,13,14). The van der Waals surface area contributed by atoms with Crippen molar-refractivity contribution in [3.05, 3.63) is 18.2 Å². The van der Waals surface area contributed by atoms with Crippen molar-refractivity contribution in [3.63, 3.8) is 0 Å². The van der Waals surface area contributed by atoms with Crippen LogP contribution in [0.5, 0.6) is 0 Å². The number of hydrazine groups is 1. The number of nitrogen functional groups attached to an aromatic ring is 1. The Morgan fingerprint density at radius 3 is 2.88 bits per heavy atom. The third-order valence-electron chi connectivity index (χ3n) is 1.90. The molecule has 0 bridgehead atoms. The summed E-state index contributed by atoms with van der Waals surface area (Å²) in [5.74, 6) is 6.65. The van der Waals surface area contributed by atoms with Crippen LogP contribution in [-0.2, 0) is 4.74 Å². The first kappa shape index (κ1) is 12.7. The highest BCUT2D eigenvalue weighted by molar-refractivity contribution is 5.44. The Bertz CT molecular complexity index is 296. The Hall–Kier alpha value is -1.37. The van der Waals surface area contributed by atoms with Gasteiger partial charge in [-0.15, -0.1) is 0 Å². The summed E-state index contributed by atoms with van der Waals surface area (Å²) in [6.07, 6.45) is 0.863. The van der Waals surface area contributed by atoms with Crippen LogP contribution in [0.3, 0.4) is 0 Å². The Kier molecular flexibility index (Phi) is 6.24. The van der Waals surface area contributed by atoms with E-state index in [2.05, 4.69) is 15.7 Å². The van der Waals surface area contributed by atoms with Crippen LogP contribution in [0.4, 0.5) is 11.6 Å². The van der Waals surface area contributed by atoms with E-state index in [0.717, 1.165) is 18.8 Å². The molecular formula is C10H18N4O2. The summed E-state index contributed by atoms with van der Waals surface area (Å²) in [4.78, 5) is 4.20. The lowest BCUT2D eigenvalue weighted by atomic mass is 10.4. The van der Waals surface area contributed by atoms with Gasteiger partial charge in [-0.25, -0.2) is 10.8 Å². The molecule has 90 valence electrons. The lowest BCUT2D eigenvalue weighted by molar-refractivity contribution is 0.0922. The normalized spacial score (nSPS) is 10.1. The number of nitrogens with zero attached hydrogens (tertiary/aromatic N) is 1. The molecule has 6 nitrogen and oxygen atoms in total. The second-order valence-corrected chi connectivity index (χ2v) is 3.17. The first-order valence-electron chi connectivity index (χ1n) is 5.23. The fourth-order valence-corrected chi connectivity index (χ4v) is 1.17. The number of aliphatic hydroxyl groups is 1. The minimum Gasteiger partial charge on any atom is -0.394 e. The fourth-order valence-electron chi connectivity index (χ4n) is 1.17. The molecule has 0 unspecified atom stereocenters. The van der Waals surface area contributed by atoms with E-state index in [1.807, 2.05) is 12.1 Å². The third-order valence-corrected chi connectivity index (χ3v) is 1.90. The molecule has 0 amide bonds. The predicted molar refractivity (Wildman–Crippen MR) is 63.1 cm³/mol. The molecule has 0 aliphatic carbocycles. The molecule has 5 N–H and O–H groups in total. The topological polar surface area (TPSA) is 92.4 Å². The monoisotopic (exact) mass is 226 g/mol. The van der Waals surface area contributed by atoms with Crippen LogP contribution in [-0.4, -0.2) is 36.5 Å². The van der Waals surface area contributed by atoms with E-state index in [1.54, 1.807) is 6.07 Å². The maximum Gasteiger partial charge on any atom is 0.142 e. The lowest BCUT2D eigenvalue weighted by Crippen LogP contribution is -2.11. The van der Waals surface area contributed by atoms with E-state index in [9.17, 15) is 0 Å². The molecule has 0 saturated heterocycles. The van der Waals surface area contributed by atoms with Crippen LogP contribution in [0, 0.1) is 0 Å². The van der Waals surface area contributed by atoms with Gasteiger partial charge in [0.15, 0.2) is 0 Å². The highest BCUT2D eigenvalue weighted by atomic mass is 16.5. The number of anilines is 2. The number of pyridine rings is 1. The molecule has 1 aromatic heterocycles. The van der Waals surface area contributed by atoms with Gasteiger partial charge in [0.25, 0.3) is 0 Å². The van der Waals surface area contributed by atoms with Gasteiger partial charge in [0.05, 0.1) is 13.2 Å². The van der Waals surface area contributed by atoms with Crippen molar-refractivity contribution >= 4 is 11.6 Å². The van der Waals surface area contributed by atoms with E-state index >= 15 is 0 Å². The van der Waals surface area contributed by atoms with Crippen LogP contribution >= 0.6 is 0 Å². The Balaban J connectivity index is 2.16. The second-order valence-electron chi connectivity index (χ2n) is 3.17. The number of nitrogens with two attached hydrogens (primary N) is 1. The zero-order valence-corrected chi connectivity index (χ0v) is 9.15. The van der Waals surface area contributed by atoms with Gasteiger partial charge in [0, 0.05) is 13.2 Å². The number of nitrogens with one attached hydrogen (secondary N) is 2. The SMILES string of the molecule is NNc1cccc(NCCCOCCO)n1. The molecule has 0 saturated carbocycles. The van der Waals surface area contributed by atoms with E-state index in [0.29, 0.717) is 19.0 Å². The minimum atomic E-state index is 0.0686. The fraction of sp³-hybridized carbons (Fsp3) is 0.500. The Morgan fingerprint density at radius 1 is 1.31 bits per heavy atom. The number of aliphatic hydroxyl groups excluding tert-OH is 1. The molecule has 0 aliphatic rings. The van der Waals surface area contributed by atoms with Crippen molar-refractivity contribution in [1.82, 2.24) is 4.98 Å². The molecule has 0 spiro atoms. The molecule has 0 fully saturated rings. The summed E-state index contributed by atoms with van der Waals surface area (Å²) in [6.45, 7) is 1.86. The molecule has 1 heterocycles. The molecule has 6 heteroatoms. The summed E-state index contributed by atoms with van der Waals surface area (Å²) < 4.78 is 5.12. The molecule has 0 atom stereocenters. The molecule has 0 radical (unpaired) electrons. The van der Waals surface area contributed by atoms with Gasteiger partial charge in [-0.05, 0) is 18.6 Å². The first-order chi connectivity index (χ1) is 7.86. The summed E-state index contributed by atoms with van der Waals surface area (Å²) >= 11 is 0. The van der Waals surface area contributed by atoms with E-state index in [4.69, 9.17) is 15.7 Å². The minimum absolute atomic E-state index is 0.0686. The maximum atomic E-state index is 8.49. The van der Waals surface area contributed by atoms with Crippen molar-refractivity contribution in [1.29, 1.82) is 0 Å². The van der Waals surface area contributed by atoms with Crippen molar-refractivity contribution in [2.45, 2.75) is 6.42 Å². The zero-order chi connectivity index (χ0) is 11.6. The van der Waals surface area contributed by atoms with E-state index in [-0.39, 0.29) is 6.61 Å². The van der Waals surface area contributed by atoms with Gasteiger partial charge in [-0.3, -0.25) is 0 Å². The van der Waals surface area contributed by atoms with Gasteiger partial charge < -0.3 is 20.6 Å². The first-order valence-corrected chi connectivity index (χ1v) is 5.23. The van der Waals surface area contributed by atoms with E-state index in [1.165, 1.54) is 0 Å². The van der Waals surface area contributed by atoms with Gasteiger partial charge in [-0.1, -0.05) is 6.07 Å². The second kappa shape index (κ2) is 7.86. The number of aromatic nitrogens is 1. The molecule has 0 aromatic carbocycles. The highest BCUT2D eigenvalue weighted by Gasteiger charge is 1.95. The maximum absolute atomic E-state index is 8.49. The molecule has 1 rings (SSSR count). The van der Waals surface area contributed by atoms with Gasteiger partial charge in [0.1, 0.15) is 11.6 Å². The van der Waals surface area contributed by atoms with Crippen LogP contribution in [0.25, 0.3) is 0 Å². The van der Waals surface area contributed by atoms with Crippen LogP contribution < -0.4 is 16.6 Å². The summed E-state index contributed by atoms with van der Waals surface area (Å²) in [6, 6.07) is 5.53. The van der Waals surface area contributed by atoms with Crippen molar-refractivity contribution < 1.29 is 9.84 Å². The number of hydrogen-bond donors (Lipinski definition) is 4. The predicted octanol–water partition coefficient (Wildman–Crippen LogP) is 0.178. The molecular weight excluding hydrogens is 208 g/mol. The van der Waals surface area contributed by atoms with Crippen molar-refractivity contribution in [3.8, 4) is 0 Å². The lowest BCUT2D eigenvalue weighted by Gasteiger charge is -2.07. The largest absolute Gasteiger partial charge is 0.394 e. The van der Waals surface area contributed by atoms with Crippen LogP contribution in [0.15, 0.2) is 18.2 Å². The Morgan fingerprint density at radius 2 is 2.12 bits per heavy atom. The van der Waals surface area contributed by atoms with Gasteiger partial charge >= 0.3 is 0 Å². The van der Waals surface area contributed by atoms with Crippen LogP contribution in [0.1, 0.15) is 6.42 Å². The van der Waals surface area contributed by atoms with Crippen LogP contribution in [0.2, 0.25) is 0 Å². The van der Waals surface area contributed by atoms with Crippen molar-refractivity contribution in [2.75, 3.05) is 37.1 Å². The summed E-state index contributed by atoms with van der Waals surface area (Å²) in [5.41, 5.74) is 2.48. The molecule has 16 heavy (non-hydrogen) atoms. The average molecular weight is 226 g/mol. The van der Waals surface area contributed by atoms with Gasteiger partial charge in [-0.2, -0.15) is 0 Å². The number of rotatable bonds is 8. The zero-order valence-electron chi connectivity index (χ0n) is 9.15. The molecule has 0 aliphatic heterocycles. The quantitative estimate of drug-likeness (QED) is 0.287. The number of ether oxygens (including phenoxy) is 1. The third kappa shape index (κ3) is 4.92.